The maximum absolute atomic E-state index is 11.6. The lowest BCUT2D eigenvalue weighted by Gasteiger charge is -2.10. The van der Waals surface area contributed by atoms with Crippen LogP contribution >= 0.6 is 0 Å². The summed E-state index contributed by atoms with van der Waals surface area (Å²) in [6.07, 6.45) is 1.87. The molecule has 1 rings (SSSR count). The van der Waals surface area contributed by atoms with Crippen LogP contribution in [-0.2, 0) is 4.79 Å². The zero-order valence-corrected chi connectivity index (χ0v) is 9.16. The fraction of sp³-hybridized carbons (Fsp3) is 0.417. The summed E-state index contributed by atoms with van der Waals surface area (Å²) < 4.78 is 0. The third-order valence-corrected chi connectivity index (χ3v) is 2.28. The molecule has 2 N–H and O–H groups in total. The van der Waals surface area contributed by atoms with Gasteiger partial charge < -0.3 is 10.4 Å². The molecule has 1 unspecified atom stereocenters. The predicted octanol–water partition coefficient (Wildman–Crippen LogP) is 2.77. The molecule has 3 heteroatoms. The first-order valence-corrected chi connectivity index (χ1v) is 5.23. The highest BCUT2D eigenvalue weighted by Gasteiger charge is 2.11. The molecule has 0 radical (unpaired) electrons. The van der Waals surface area contributed by atoms with Crippen LogP contribution < -0.4 is 5.32 Å². The van der Waals surface area contributed by atoms with E-state index in [1.54, 1.807) is 18.2 Å². The molecule has 15 heavy (non-hydrogen) atoms. The lowest BCUT2D eigenvalue weighted by molar-refractivity contribution is -0.119. The first kappa shape index (κ1) is 11.6. The van der Waals surface area contributed by atoms with E-state index in [4.69, 9.17) is 0 Å². The van der Waals surface area contributed by atoms with Crippen molar-refractivity contribution in [2.45, 2.75) is 26.7 Å². The monoisotopic (exact) mass is 207 g/mol. The number of carbonyl (C=O) groups excluding carboxylic acids is 1. The molecule has 0 saturated heterocycles. The number of phenols is 1. The molecule has 1 aromatic rings. The maximum Gasteiger partial charge on any atom is 0.227 e. The van der Waals surface area contributed by atoms with Gasteiger partial charge in [0.05, 0.1) is 0 Å². The van der Waals surface area contributed by atoms with Crippen molar-refractivity contribution >= 4 is 11.6 Å². The molecule has 82 valence electrons. The smallest absolute Gasteiger partial charge is 0.227 e. The molecule has 0 aliphatic rings. The minimum absolute atomic E-state index is 0.00227. The minimum atomic E-state index is 0.00227. The summed E-state index contributed by atoms with van der Waals surface area (Å²) in [6.45, 7) is 3.96. The van der Waals surface area contributed by atoms with Crippen molar-refractivity contribution in [2.24, 2.45) is 5.92 Å². The number of amides is 1. The Labute approximate surface area is 90.1 Å². The highest BCUT2D eigenvalue weighted by molar-refractivity contribution is 5.92. The quantitative estimate of drug-likeness (QED) is 0.797. The number of hydrogen-bond acceptors (Lipinski definition) is 2. The number of carbonyl (C=O) groups is 1. The molecule has 0 aromatic heterocycles. The number of rotatable bonds is 4. The number of aromatic hydroxyl groups is 1. The fourth-order valence-corrected chi connectivity index (χ4v) is 1.41. The average Bonchev–Trinajstić information content (AvgIpc) is 2.18. The Hall–Kier alpha value is -1.51. The van der Waals surface area contributed by atoms with Crippen molar-refractivity contribution in [1.82, 2.24) is 0 Å². The maximum atomic E-state index is 11.6. The number of phenolic OH excluding ortho intramolecular Hbond substituents is 1. The van der Waals surface area contributed by atoms with Gasteiger partial charge in [-0.2, -0.15) is 0 Å². The van der Waals surface area contributed by atoms with Gasteiger partial charge >= 0.3 is 0 Å². The van der Waals surface area contributed by atoms with E-state index >= 15 is 0 Å². The number of nitrogens with one attached hydrogen (secondary N) is 1. The van der Waals surface area contributed by atoms with Crippen molar-refractivity contribution in [3.8, 4) is 5.75 Å². The van der Waals surface area contributed by atoms with Crippen LogP contribution in [0.3, 0.4) is 0 Å². The van der Waals surface area contributed by atoms with E-state index in [2.05, 4.69) is 12.2 Å². The lowest BCUT2D eigenvalue weighted by atomic mass is 10.1. The van der Waals surface area contributed by atoms with E-state index in [-0.39, 0.29) is 17.6 Å². The summed E-state index contributed by atoms with van der Waals surface area (Å²) in [5, 5.41) is 12.0. The van der Waals surface area contributed by atoms with E-state index in [1.165, 1.54) is 6.07 Å². The predicted molar refractivity (Wildman–Crippen MR) is 60.8 cm³/mol. The number of benzene rings is 1. The van der Waals surface area contributed by atoms with Gasteiger partial charge in [0.25, 0.3) is 0 Å². The zero-order chi connectivity index (χ0) is 11.3. The second-order valence-corrected chi connectivity index (χ2v) is 3.73. The summed E-state index contributed by atoms with van der Waals surface area (Å²) in [5.74, 6) is 0.177. The van der Waals surface area contributed by atoms with Crippen molar-refractivity contribution in [2.75, 3.05) is 5.32 Å². The van der Waals surface area contributed by atoms with Gasteiger partial charge in [0.1, 0.15) is 5.75 Å². The zero-order valence-electron chi connectivity index (χ0n) is 9.16. The molecule has 0 spiro atoms. The van der Waals surface area contributed by atoms with Gasteiger partial charge in [-0.25, -0.2) is 0 Å². The summed E-state index contributed by atoms with van der Waals surface area (Å²) in [7, 11) is 0. The normalized spacial score (nSPS) is 12.1. The van der Waals surface area contributed by atoms with Gasteiger partial charge in [-0.05, 0) is 18.6 Å². The van der Waals surface area contributed by atoms with E-state index in [0.29, 0.717) is 5.69 Å². The van der Waals surface area contributed by atoms with E-state index in [1.807, 2.05) is 6.92 Å². The molecular weight excluding hydrogens is 190 g/mol. The van der Waals surface area contributed by atoms with Gasteiger partial charge in [0, 0.05) is 17.7 Å². The van der Waals surface area contributed by atoms with Crippen molar-refractivity contribution in [3.05, 3.63) is 24.3 Å². The van der Waals surface area contributed by atoms with E-state index in [9.17, 15) is 9.90 Å². The standard InChI is InChI=1S/C12H17NO2/c1-3-5-9(2)12(15)13-10-6-4-7-11(14)8-10/h4,6-9,14H,3,5H2,1-2H3,(H,13,15). The highest BCUT2D eigenvalue weighted by Crippen LogP contribution is 2.17. The third-order valence-electron chi connectivity index (χ3n) is 2.28. The first-order chi connectivity index (χ1) is 7.13. The Morgan fingerprint density at radius 2 is 2.27 bits per heavy atom. The van der Waals surface area contributed by atoms with Gasteiger partial charge in [-0.3, -0.25) is 4.79 Å². The molecule has 0 saturated carbocycles. The fourth-order valence-electron chi connectivity index (χ4n) is 1.41. The second kappa shape index (κ2) is 5.39. The van der Waals surface area contributed by atoms with Crippen LogP contribution in [0, 0.1) is 5.92 Å². The van der Waals surface area contributed by atoms with Gasteiger partial charge in [-0.15, -0.1) is 0 Å². The average molecular weight is 207 g/mol. The van der Waals surface area contributed by atoms with E-state index in [0.717, 1.165) is 12.8 Å². The highest BCUT2D eigenvalue weighted by atomic mass is 16.3. The van der Waals surface area contributed by atoms with Crippen LogP contribution in [0.15, 0.2) is 24.3 Å². The summed E-state index contributed by atoms with van der Waals surface area (Å²) in [4.78, 5) is 11.6. The Balaban J connectivity index is 2.58. The molecule has 0 heterocycles. The molecular formula is C12H17NO2. The van der Waals surface area contributed by atoms with Crippen LogP contribution in [0.4, 0.5) is 5.69 Å². The molecule has 0 bridgehead atoms. The van der Waals surface area contributed by atoms with Crippen molar-refractivity contribution in [3.63, 3.8) is 0 Å². The molecule has 0 aliphatic heterocycles. The van der Waals surface area contributed by atoms with Crippen LogP contribution in [0.2, 0.25) is 0 Å². The minimum Gasteiger partial charge on any atom is -0.508 e. The molecule has 0 fully saturated rings. The summed E-state index contributed by atoms with van der Waals surface area (Å²) in [5.41, 5.74) is 0.642. The van der Waals surface area contributed by atoms with Crippen LogP contribution in [-0.4, -0.2) is 11.0 Å². The largest absolute Gasteiger partial charge is 0.508 e. The molecule has 3 nitrogen and oxygen atoms in total. The van der Waals surface area contributed by atoms with Crippen LogP contribution in [0.25, 0.3) is 0 Å². The van der Waals surface area contributed by atoms with E-state index < -0.39 is 0 Å². The van der Waals surface area contributed by atoms with Gasteiger partial charge in [0.15, 0.2) is 0 Å². The Morgan fingerprint density at radius 3 is 2.87 bits per heavy atom. The number of hydrogen-bond donors (Lipinski definition) is 2. The Bertz CT molecular complexity index is 336. The molecule has 1 amide bonds. The topological polar surface area (TPSA) is 49.3 Å². The van der Waals surface area contributed by atoms with Gasteiger partial charge in [0.2, 0.25) is 5.91 Å². The van der Waals surface area contributed by atoms with Crippen molar-refractivity contribution < 1.29 is 9.90 Å². The first-order valence-electron chi connectivity index (χ1n) is 5.23. The van der Waals surface area contributed by atoms with Crippen molar-refractivity contribution in [1.29, 1.82) is 0 Å². The Kier molecular flexibility index (Phi) is 4.16. The lowest BCUT2D eigenvalue weighted by Crippen LogP contribution is -2.20. The summed E-state index contributed by atoms with van der Waals surface area (Å²) >= 11 is 0. The van der Waals surface area contributed by atoms with Crippen LogP contribution in [0.1, 0.15) is 26.7 Å². The number of anilines is 1. The molecule has 0 aliphatic carbocycles. The Morgan fingerprint density at radius 1 is 1.53 bits per heavy atom. The second-order valence-electron chi connectivity index (χ2n) is 3.73. The van der Waals surface area contributed by atoms with Crippen LogP contribution in [0.5, 0.6) is 5.75 Å². The summed E-state index contributed by atoms with van der Waals surface area (Å²) in [6, 6.07) is 6.58. The third kappa shape index (κ3) is 3.62. The molecule has 1 aromatic carbocycles. The van der Waals surface area contributed by atoms with Gasteiger partial charge in [-0.1, -0.05) is 26.3 Å². The SMILES string of the molecule is CCCC(C)C(=O)Nc1cccc(O)c1. The molecule has 1 atom stereocenters.